The van der Waals surface area contributed by atoms with E-state index in [1.54, 1.807) is 12.3 Å². The fourth-order valence-electron chi connectivity index (χ4n) is 3.95. The first-order valence-corrected chi connectivity index (χ1v) is 10.2. The molecule has 0 spiro atoms. The minimum atomic E-state index is -0.552. The zero-order valence-electron chi connectivity index (χ0n) is 18.5. The van der Waals surface area contributed by atoms with Crippen LogP contribution in [-0.4, -0.2) is 36.2 Å². The van der Waals surface area contributed by atoms with Gasteiger partial charge in [0.05, 0.1) is 11.1 Å². The first-order valence-electron chi connectivity index (χ1n) is 10.2. The second-order valence-electron chi connectivity index (χ2n) is 8.55. The van der Waals surface area contributed by atoms with Crippen LogP contribution >= 0.6 is 0 Å². The Morgan fingerprint density at radius 2 is 2.10 bits per heavy atom. The van der Waals surface area contributed by atoms with Crippen LogP contribution in [0.4, 0.5) is 11.4 Å². The molecule has 0 radical (unpaired) electrons. The van der Waals surface area contributed by atoms with Crippen LogP contribution in [0.15, 0.2) is 41.5 Å². The van der Waals surface area contributed by atoms with Crippen molar-refractivity contribution in [1.29, 1.82) is 0 Å². The number of hydrazone groups is 1. The van der Waals surface area contributed by atoms with Crippen molar-refractivity contribution < 1.29 is 14.5 Å². The average molecular weight is 425 g/mol. The Morgan fingerprint density at radius 3 is 2.81 bits per heavy atom. The molecule has 0 aliphatic carbocycles. The third-order valence-corrected chi connectivity index (χ3v) is 5.83. The van der Waals surface area contributed by atoms with Gasteiger partial charge in [-0.25, -0.2) is 5.43 Å². The number of amides is 1. The first kappa shape index (κ1) is 22.3. The summed E-state index contributed by atoms with van der Waals surface area (Å²) in [7, 11) is 2.12. The highest BCUT2D eigenvalue weighted by molar-refractivity contribution is 5.86. The van der Waals surface area contributed by atoms with Crippen LogP contribution in [0.5, 0.6) is 5.75 Å². The number of ether oxygens (including phenoxy) is 1. The highest BCUT2D eigenvalue weighted by atomic mass is 16.6. The second-order valence-corrected chi connectivity index (χ2v) is 8.55. The Kier molecular flexibility index (Phi) is 6.29. The number of aryl methyl sites for hydroxylation is 1. The average Bonchev–Trinajstić information content (AvgIpc) is 2.71. The first-order chi connectivity index (χ1) is 14.6. The maximum absolute atomic E-state index is 12.0. The summed E-state index contributed by atoms with van der Waals surface area (Å²) in [6.07, 6.45) is 2.67. The molecule has 1 aliphatic heterocycles. The molecule has 0 unspecified atom stereocenters. The molecular weight excluding hydrogens is 396 g/mol. The van der Waals surface area contributed by atoms with E-state index in [1.807, 2.05) is 6.92 Å². The number of anilines is 1. The van der Waals surface area contributed by atoms with Gasteiger partial charge in [-0.1, -0.05) is 19.1 Å². The van der Waals surface area contributed by atoms with Crippen LogP contribution in [0.25, 0.3) is 0 Å². The molecule has 0 saturated heterocycles. The van der Waals surface area contributed by atoms with E-state index in [0.717, 1.165) is 17.5 Å². The molecule has 0 saturated carbocycles. The van der Waals surface area contributed by atoms with E-state index in [9.17, 15) is 14.9 Å². The number of hydrogen-bond acceptors (Lipinski definition) is 6. The number of nitro groups is 1. The fraction of sp³-hybridized carbons (Fsp3) is 0.391. The fourth-order valence-corrected chi connectivity index (χ4v) is 3.95. The summed E-state index contributed by atoms with van der Waals surface area (Å²) in [5.41, 5.74) is 6.80. The predicted molar refractivity (Wildman–Crippen MR) is 121 cm³/mol. The van der Waals surface area contributed by atoms with Crippen molar-refractivity contribution in [2.75, 3.05) is 18.6 Å². The topological polar surface area (TPSA) is 97.1 Å². The van der Waals surface area contributed by atoms with Gasteiger partial charge in [-0.15, -0.1) is 0 Å². The third-order valence-electron chi connectivity index (χ3n) is 5.83. The van der Waals surface area contributed by atoms with Crippen LogP contribution in [-0.2, 0) is 4.79 Å². The van der Waals surface area contributed by atoms with Gasteiger partial charge >= 0.3 is 5.69 Å². The molecule has 8 nitrogen and oxygen atoms in total. The second kappa shape index (κ2) is 8.75. The molecule has 3 rings (SSSR count). The summed E-state index contributed by atoms with van der Waals surface area (Å²) in [6, 6.07) is 10.2. The predicted octanol–water partition coefficient (Wildman–Crippen LogP) is 4.15. The molecule has 1 heterocycles. The Bertz CT molecular complexity index is 1030. The molecule has 1 atom stereocenters. The van der Waals surface area contributed by atoms with Gasteiger partial charge < -0.3 is 9.64 Å². The third kappa shape index (κ3) is 4.84. The summed E-state index contributed by atoms with van der Waals surface area (Å²) in [5, 5.41) is 15.0. The monoisotopic (exact) mass is 424 g/mol. The lowest BCUT2D eigenvalue weighted by Gasteiger charge is -2.45. The Balaban J connectivity index is 1.66. The van der Waals surface area contributed by atoms with Crippen LogP contribution in [0, 0.1) is 17.0 Å². The van der Waals surface area contributed by atoms with E-state index in [4.69, 9.17) is 4.74 Å². The standard InChI is InChI=1S/C23H28N4O4/c1-15-10-20-18(16(2)12-23(3,4)26(20)5)11-17(15)13-24-25-22(28)14-31-21-9-7-6-8-19(21)27(29)30/h6-11,13,16H,12,14H2,1-5H3,(H,25,28)/b24-13+/t16-/m1/s1. The van der Waals surface area contributed by atoms with Gasteiger partial charge in [0.2, 0.25) is 0 Å². The Morgan fingerprint density at radius 1 is 1.39 bits per heavy atom. The lowest BCUT2D eigenvalue weighted by atomic mass is 9.79. The number of para-hydroxylation sites is 2. The highest BCUT2D eigenvalue weighted by Crippen LogP contribution is 2.43. The molecule has 1 N–H and O–H groups in total. The van der Waals surface area contributed by atoms with Crippen LogP contribution < -0.4 is 15.1 Å². The maximum Gasteiger partial charge on any atom is 0.310 e. The van der Waals surface area contributed by atoms with Crippen molar-refractivity contribution in [2.45, 2.75) is 45.6 Å². The Hall–Kier alpha value is -3.42. The van der Waals surface area contributed by atoms with E-state index in [1.165, 1.54) is 29.4 Å². The molecule has 0 aromatic heterocycles. The number of rotatable bonds is 6. The molecule has 1 amide bonds. The smallest absolute Gasteiger partial charge is 0.310 e. The zero-order valence-corrected chi connectivity index (χ0v) is 18.5. The van der Waals surface area contributed by atoms with Crippen molar-refractivity contribution in [1.82, 2.24) is 5.43 Å². The molecule has 2 aromatic rings. The molecule has 0 fully saturated rings. The lowest BCUT2D eigenvalue weighted by molar-refractivity contribution is -0.385. The summed E-state index contributed by atoms with van der Waals surface area (Å²) in [5.74, 6) is -0.0448. The van der Waals surface area contributed by atoms with Crippen molar-refractivity contribution in [3.63, 3.8) is 0 Å². The maximum atomic E-state index is 12.0. The van der Waals surface area contributed by atoms with Crippen molar-refractivity contribution >= 4 is 23.5 Å². The minimum absolute atomic E-state index is 0.0400. The summed E-state index contributed by atoms with van der Waals surface area (Å²) in [6.45, 7) is 8.37. The number of nitro benzene ring substituents is 1. The van der Waals surface area contributed by atoms with Crippen LogP contribution in [0.3, 0.4) is 0 Å². The number of nitrogens with zero attached hydrogens (tertiary/aromatic N) is 3. The number of fused-ring (bicyclic) bond motifs is 1. The summed E-state index contributed by atoms with van der Waals surface area (Å²) in [4.78, 5) is 24.8. The molecule has 164 valence electrons. The molecule has 8 heteroatoms. The number of carbonyl (C=O) groups excluding carboxylic acids is 1. The Labute approximate surface area is 182 Å². The summed E-state index contributed by atoms with van der Waals surface area (Å²) < 4.78 is 5.27. The van der Waals surface area contributed by atoms with Crippen LogP contribution in [0.1, 0.15) is 49.8 Å². The normalized spacial score (nSPS) is 17.3. The lowest BCUT2D eigenvalue weighted by Crippen LogP contribution is -2.45. The number of hydrogen-bond donors (Lipinski definition) is 1. The zero-order chi connectivity index (χ0) is 22.8. The van der Waals surface area contributed by atoms with E-state index >= 15 is 0 Å². The largest absolute Gasteiger partial charge is 0.477 e. The molecule has 2 aromatic carbocycles. The van der Waals surface area contributed by atoms with E-state index < -0.39 is 10.8 Å². The summed E-state index contributed by atoms with van der Waals surface area (Å²) >= 11 is 0. The minimum Gasteiger partial charge on any atom is -0.477 e. The quantitative estimate of drug-likeness (QED) is 0.427. The molecule has 0 bridgehead atoms. The van der Waals surface area contributed by atoms with Gasteiger partial charge in [-0.2, -0.15) is 5.10 Å². The highest BCUT2D eigenvalue weighted by Gasteiger charge is 2.34. The van der Waals surface area contributed by atoms with Gasteiger partial charge in [0.1, 0.15) is 0 Å². The van der Waals surface area contributed by atoms with E-state index in [2.05, 4.69) is 55.4 Å². The van der Waals surface area contributed by atoms with Crippen molar-refractivity contribution in [3.8, 4) is 5.75 Å². The molecule has 31 heavy (non-hydrogen) atoms. The van der Waals surface area contributed by atoms with Gasteiger partial charge in [0, 0.05) is 24.3 Å². The van der Waals surface area contributed by atoms with Gasteiger partial charge in [-0.05, 0) is 68.0 Å². The number of nitrogens with one attached hydrogen (secondary N) is 1. The van der Waals surface area contributed by atoms with E-state index in [-0.39, 0.29) is 23.6 Å². The molecular formula is C23H28N4O4. The SMILES string of the molecule is Cc1cc2c(cc1/C=N/NC(=O)COc1ccccc1[N+](=O)[O-])[C@H](C)CC(C)(C)N2C. The van der Waals surface area contributed by atoms with Gasteiger partial charge in [-0.3, -0.25) is 14.9 Å². The van der Waals surface area contributed by atoms with Crippen molar-refractivity contribution in [3.05, 3.63) is 63.2 Å². The van der Waals surface area contributed by atoms with E-state index in [0.29, 0.717) is 5.92 Å². The van der Waals surface area contributed by atoms with Gasteiger partial charge in [0.25, 0.3) is 5.91 Å². The number of benzene rings is 2. The number of carbonyl (C=O) groups is 1. The molecule has 1 aliphatic rings. The van der Waals surface area contributed by atoms with Gasteiger partial charge in [0.15, 0.2) is 12.4 Å². The van der Waals surface area contributed by atoms with Crippen LogP contribution in [0.2, 0.25) is 0 Å². The van der Waals surface area contributed by atoms with Crippen molar-refractivity contribution in [2.24, 2.45) is 5.10 Å².